The van der Waals surface area contributed by atoms with Crippen LogP contribution in [0.25, 0.3) is 0 Å². The summed E-state index contributed by atoms with van der Waals surface area (Å²) >= 11 is 0. The van der Waals surface area contributed by atoms with Gasteiger partial charge in [0.15, 0.2) is 5.79 Å². The Balaban J connectivity index is 1.95. The normalized spacial score (nSPS) is 34.6. The van der Waals surface area contributed by atoms with Crippen LogP contribution < -0.4 is 0 Å². The van der Waals surface area contributed by atoms with Crippen LogP contribution in [0.4, 0.5) is 13.2 Å². The van der Waals surface area contributed by atoms with E-state index in [2.05, 4.69) is 0 Å². The zero-order valence-electron chi connectivity index (χ0n) is 17.2. The SMILES string of the molecule is CCOC(=O)C[C@H]1CCC[C@]2(CCC[C@@H]2[C@H]2COC(C)(C)O2)N1C(=O)C(F)(F)F. The summed E-state index contributed by atoms with van der Waals surface area (Å²) in [6.45, 7) is 5.63. The van der Waals surface area contributed by atoms with Gasteiger partial charge < -0.3 is 19.1 Å². The number of ether oxygens (including phenoxy) is 3. The van der Waals surface area contributed by atoms with Crippen molar-refractivity contribution in [1.82, 2.24) is 4.90 Å². The third-order valence-electron chi connectivity index (χ3n) is 6.46. The van der Waals surface area contributed by atoms with Crippen molar-refractivity contribution < 1.29 is 37.0 Å². The lowest BCUT2D eigenvalue weighted by atomic mass is 9.73. The van der Waals surface area contributed by atoms with E-state index in [0.717, 1.165) is 4.90 Å². The van der Waals surface area contributed by atoms with Gasteiger partial charge >= 0.3 is 18.1 Å². The molecule has 0 aromatic rings. The average Bonchev–Trinajstić information content (AvgIpc) is 3.17. The second-order valence-corrected chi connectivity index (χ2v) is 8.70. The number of nitrogens with zero attached hydrogens (tertiary/aromatic N) is 1. The average molecular weight is 421 g/mol. The van der Waals surface area contributed by atoms with Gasteiger partial charge in [0.05, 0.1) is 25.7 Å². The maximum atomic E-state index is 13.6. The maximum Gasteiger partial charge on any atom is 0.471 e. The molecule has 2 aliphatic heterocycles. The second kappa shape index (κ2) is 8.06. The topological polar surface area (TPSA) is 65.1 Å². The molecule has 0 aromatic carbocycles. The lowest BCUT2D eigenvalue weighted by Crippen LogP contribution is -2.65. The summed E-state index contributed by atoms with van der Waals surface area (Å²) in [4.78, 5) is 25.7. The molecule has 0 aromatic heterocycles. The van der Waals surface area contributed by atoms with Crippen LogP contribution in [0.15, 0.2) is 0 Å². The molecule has 4 atom stereocenters. The quantitative estimate of drug-likeness (QED) is 0.650. The van der Waals surface area contributed by atoms with Crippen LogP contribution >= 0.6 is 0 Å². The van der Waals surface area contributed by atoms with Gasteiger partial charge in [0.25, 0.3) is 0 Å². The number of halogens is 3. The molecule has 29 heavy (non-hydrogen) atoms. The summed E-state index contributed by atoms with van der Waals surface area (Å²) in [6, 6.07) is -0.826. The zero-order valence-corrected chi connectivity index (χ0v) is 17.2. The number of carbonyl (C=O) groups is 2. The first-order valence-electron chi connectivity index (χ1n) is 10.4. The van der Waals surface area contributed by atoms with Gasteiger partial charge in [-0.2, -0.15) is 13.2 Å². The summed E-state index contributed by atoms with van der Waals surface area (Å²) in [5.41, 5.74) is -0.976. The van der Waals surface area contributed by atoms with Crippen LogP contribution in [-0.4, -0.2) is 59.6 Å². The molecular formula is C20H30F3NO5. The van der Waals surface area contributed by atoms with Crippen molar-refractivity contribution in [1.29, 1.82) is 0 Å². The van der Waals surface area contributed by atoms with Crippen molar-refractivity contribution in [3.8, 4) is 0 Å². The lowest BCUT2D eigenvalue weighted by Gasteiger charge is -2.53. The first kappa shape index (κ1) is 22.3. The Labute approximate surface area is 169 Å². The summed E-state index contributed by atoms with van der Waals surface area (Å²) in [5, 5.41) is 0. The van der Waals surface area contributed by atoms with Crippen LogP contribution in [0.1, 0.15) is 65.7 Å². The number of hydrogen-bond donors (Lipinski definition) is 0. The summed E-state index contributed by atoms with van der Waals surface area (Å²) in [7, 11) is 0. The van der Waals surface area contributed by atoms with E-state index in [1.807, 2.05) is 0 Å². The predicted octanol–water partition coefficient (Wildman–Crippen LogP) is 3.57. The van der Waals surface area contributed by atoms with E-state index >= 15 is 0 Å². The molecule has 1 amide bonds. The molecule has 1 spiro atoms. The van der Waals surface area contributed by atoms with E-state index in [1.165, 1.54) is 0 Å². The Hall–Kier alpha value is -1.35. The molecule has 2 heterocycles. The van der Waals surface area contributed by atoms with E-state index in [9.17, 15) is 22.8 Å². The van der Waals surface area contributed by atoms with Crippen LogP contribution in [0, 0.1) is 5.92 Å². The third kappa shape index (κ3) is 4.40. The minimum Gasteiger partial charge on any atom is -0.466 e. The summed E-state index contributed by atoms with van der Waals surface area (Å²) < 4.78 is 57.4. The highest BCUT2D eigenvalue weighted by atomic mass is 19.4. The largest absolute Gasteiger partial charge is 0.471 e. The van der Waals surface area contributed by atoms with Gasteiger partial charge in [-0.1, -0.05) is 6.42 Å². The molecule has 0 unspecified atom stereocenters. The van der Waals surface area contributed by atoms with Gasteiger partial charge in [-0.25, -0.2) is 0 Å². The second-order valence-electron chi connectivity index (χ2n) is 8.70. The third-order valence-corrected chi connectivity index (χ3v) is 6.46. The monoisotopic (exact) mass is 421 g/mol. The number of amides is 1. The molecule has 3 rings (SSSR count). The van der Waals surface area contributed by atoms with E-state index in [-0.39, 0.29) is 31.7 Å². The molecule has 1 aliphatic carbocycles. The van der Waals surface area contributed by atoms with Crippen LogP contribution in [0.2, 0.25) is 0 Å². The molecule has 1 saturated carbocycles. The Bertz CT molecular complexity index is 638. The van der Waals surface area contributed by atoms with E-state index < -0.39 is 35.4 Å². The van der Waals surface area contributed by atoms with Gasteiger partial charge in [0, 0.05) is 17.5 Å². The smallest absolute Gasteiger partial charge is 0.466 e. The fourth-order valence-corrected chi connectivity index (χ4v) is 5.50. The van der Waals surface area contributed by atoms with Crippen molar-refractivity contribution in [2.45, 2.75) is 95.4 Å². The first-order valence-corrected chi connectivity index (χ1v) is 10.4. The molecule has 0 bridgehead atoms. The molecule has 6 nitrogen and oxygen atoms in total. The Morgan fingerprint density at radius 3 is 2.38 bits per heavy atom. The van der Waals surface area contributed by atoms with E-state index in [1.54, 1.807) is 20.8 Å². The number of hydrogen-bond acceptors (Lipinski definition) is 5. The highest BCUT2D eigenvalue weighted by Gasteiger charge is 2.60. The van der Waals surface area contributed by atoms with Gasteiger partial charge in [-0.05, 0) is 52.9 Å². The van der Waals surface area contributed by atoms with Gasteiger partial charge in [0.1, 0.15) is 0 Å². The fourth-order valence-electron chi connectivity index (χ4n) is 5.50. The van der Waals surface area contributed by atoms with Crippen molar-refractivity contribution >= 4 is 11.9 Å². The van der Waals surface area contributed by atoms with Crippen LogP contribution in [0.3, 0.4) is 0 Å². The predicted molar refractivity (Wildman–Crippen MR) is 96.8 cm³/mol. The van der Waals surface area contributed by atoms with Crippen LogP contribution in [-0.2, 0) is 23.8 Å². The summed E-state index contributed by atoms with van der Waals surface area (Å²) in [5.74, 6) is -3.51. The molecular weight excluding hydrogens is 391 g/mol. The highest BCUT2D eigenvalue weighted by Crippen LogP contribution is 2.52. The Morgan fingerprint density at radius 1 is 1.17 bits per heavy atom. The molecule has 3 fully saturated rings. The Morgan fingerprint density at radius 2 is 1.83 bits per heavy atom. The molecule has 9 heteroatoms. The molecule has 166 valence electrons. The zero-order chi connectivity index (χ0) is 21.4. The van der Waals surface area contributed by atoms with Gasteiger partial charge in [-0.15, -0.1) is 0 Å². The number of rotatable bonds is 4. The minimum atomic E-state index is -5.00. The maximum absolute atomic E-state index is 13.6. The molecule has 0 N–H and O–H groups in total. The van der Waals surface area contributed by atoms with Crippen molar-refractivity contribution in [3.63, 3.8) is 0 Å². The molecule has 2 saturated heterocycles. The standard InChI is InChI=1S/C20H30F3NO5/c1-4-27-16(25)11-13-7-5-9-19(24(13)17(26)20(21,22)23)10-6-8-14(19)15-12-28-18(2,3)29-15/h13-15H,4-12H2,1-3H3/t13-,14-,15-,19-/m1/s1. The first-order chi connectivity index (χ1) is 13.5. The van der Waals surface area contributed by atoms with Gasteiger partial charge in [0.2, 0.25) is 0 Å². The number of likely N-dealkylation sites (tertiary alicyclic amines) is 1. The van der Waals surface area contributed by atoms with E-state index in [4.69, 9.17) is 14.2 Å². The minimum absolute atomic E-state index is 0.148. The van der Waals surface area contributed by atoms with Crippen molar-refractivity contribution in [2.24, 2.45) is 5.92 Å². The summed E-state index contributed by atoms with van der Waals surface area (Å²) in [6.07, 6.45) is -2.29. The van der Waals surface area contributed by atoms with Gasteiger partial charge in [-0.3, -0.25) is 9.59 Å². The number of carbonyl (C=O) groups excluding carboxylic acids is 2. The number of alkyl halides is 3. The fraction of sp³-hybridized carbons (Fsp3) is 0.900. The lowest BCUT2D eigenvalue weighted by molar-refractivity contribution is -0.205. The van der Waals surface area contributed by atoms with Crippen LogP contribution in [0.5, 0.6) is 0 Å². The Kier molecular flexibility index (Phi) is 6.21. The van der Waals surface area contributed by atoms with E-state index in [0.29, 0.717) is 38.5 Å². The highest BCUT2D eigenvalue weighted by molar-refractivity contribution is 5.84. The molecule has 0 radical (unpaired) electrons. The van der Waals surface area contributed by atoms with Crippen molar-refractivity contribution in [2.75, 3.05) is 13.2 Å². The number of piperidine rings is 1. The number of esters is 1. The van der Waals surface area contributed by atoms with Crippen molar-refractivity contribution in [3.05, 3.63) is 0 Å². The molecule has 3 aliphatic rings.